The first-order valence-electron chi connectivity index (χ1n) is 8.03. The molecular formula is C18H19ClN4OS. The minimum Gasteiger partial charge on any atom is -0.272 e. The lowest BCUT2D eigenvalue weighted by Crippen LogP contribution is -2.19. The van der Waals surface area contributed by atoms with Gasteiger partial charge in [0.15, 0.2) is 0 Å². The van der Waals surface area contributed by atoms with E-state index in [4.69, 9.17) is 11.6 Å². The summed E-state index contributed by atoms with van der Waals surface area (Å²) in [6.45, 7) is 7.92. The Labute approximate surface area is 155 Å². The number of nitrogens with zero attached hydrogens (tertiary/aromatic N) is 4. The van der Waals surface area contributed by atoms with Crippen molar-refractivity contribution in [1.29, 1.82) is 0 Å². The van der Waals surface area contributed by atoms with Crippen LogP contribution in [-0.2, 0) is 4.79 Å². The number of aryl methyl sites for hydroxylation is 2. The number of carbonyl (C=O) groups is 1. The Balaban J connectivity index is 2.02. The highest BCUT2D eigenvalue weighted by atomic mass is 35.5. The summed E-state index contributed by atoms with van der Waals surface area (Å²) in [6, 6.07) is 9.32. The van der Waals surface area contributed by atoms with Crippen molar-refractivity contribution in [3.8, 4) is 0 Å². The molecule has 5 nitrogen and oxygen atoms in total. The molecule has 0 fully saturated rings. The zero-order valence-electron chi connectivity index (χ0n) is 14.5. The average molecular weight is 375 g/mol. The van der Waals surface area contributed by atoms with E-state index in [-0.39, 0.29) is 17.7 Å². The fourth-order valence-electron chi connectivity index (χ4n) is 2.82. The minimum atomic E-state index is -0.329. The van der Waals surface area contributed by atoms with Gasteiger partial charge in [0, 0.05) is 16.4 Å². The lowest BCUT2D eigenvalue weighted by atomic mass is 9.88. The van der Waals surface area contributed by atoms with Crippen LogP contribution in [0.3, 0.4) is 0 Å². The molecule has 0 aliphatic rings. The SMILES string of the molecule is Cc1cc(C)n2sc(=NC(=O)[C@H](c3ccc(Cl)cc3)C(C)C)nc2n1. The zero-order chi connectivity index (χ0) is 18.1. The van der Waals surface area contributed by atoms with Crippen LogP contribution >= 0.6 is 23.1 Å². The Bertz CT molecular complexity index is 988. The molecule has 1 atom stereocenters. The van der Waals surface area contributed by atoms with Gasteiger partial charge in [-0.2, -0.15) is 9.98 Å². The molecule has 0 bridgehead atoms. The molecule has 130 valence electrons. The number of carbonyl (C=O) groups excluding carboxylic acids is 1. The smallest absolute Gasteiger partial charge is 0.256 e. The summed E-state index contributed by atoms with van der Waals surface area (Å²) in [5.41, 5.74) is 2.82. The van der Waals surface area contributed by atoms with E-state index in [1.54, 1.807) is 12.1 Å². The van der Waals surface area contributed by atoms with E-state index in [1.165, 1.54) is 11.5 Å². The van der Waals surface area contributed by atoms with E-state index >= 15 is 0 Å². The Morgan fingerprint density at radius 1 is 1.20 bits per heavy atom. The van der Waals surface area contributed by atoms with E-state index in [0.29, 0.717) is 15.6 Å². The highest BCUT2D eigenvalue weighted by Gasteiger charge is 2.24. The first-order valence-corrected chi connectivity index (χ1v) is 9.18. The summed E-state index contributed by atoms with van der Waals surface area (Å²) < 4.78 is 1.88. The van der Waals surface area contributed by atoms with Crippen LogP contribution in [0.5, 0.6) is 0 Å². The maximum Gasteiger partial charge on any atom is 0.256 e. The Hall–Kier alpha value is -2.05. The number of halogens is 1. The van der Waals surface area contributed by atoms with Crippen LogP contribution in [0.25, 0.3) is 5.78 Å². The van der Waals surface area contributed by atoms with E-state index in [1.807, 2.05) is 49.7 Å². The third-order valence-corrected chi connectivity index (χ3v) is 5.16. The fourth-order valence-corrected chi connectivity index (χ4v) is 3.72. The molecule has 3 aromatic rings. The molecule has 0 aliphatic carbocycles. The third-order valence-electron chi connectivity index (χ3n) is 3.93. The van der Waals surface area contributed by atoms with Crippen LogP contribution in [0.4, 0.5) is 0 Å². The molecule has 0 radical (unpaired) electrons. The van der Waals surface area contributed by atoms with Gasteiger partial charge in [0.1, 0.15) is 0 Å². The number of hydrogen-bond acceptors (Lipinski definition) is 4. The monoisotopic (exact) mass is 374 g/mol. The second-order valence-electron chi connectivity index (χ2n) is 6.34. The van der Waals surface area contributed by atoms with Gasteiger partial charge in [-0.25, -0.2) is 8.77 Å². The van der Waals surface area contributed by atoms with Gasteiger partial charge in [-0.15, -0.1) is 0 Å². The lowest BCUT2D eigenvalue weighted by Gasteiger charge is -2.17. The van der Waals surface area contributed by atoms with Crippen molar-refractivity contribution in [1.82, 2.24) is 13.8 Å². The molecule has 0 spiro atoms. The van der Waals surface area contributed by atoms with Crippen molar-refractivity contribution in [2.75, 3.05) is 0 Å². The van der Waals surface area contributed by atoms with Crippen LogP contribution in [0, 0.1) is 19.8 Å². The largest absolute Gasteiger partial charge is 0.272 e. The van der Waals surface area contributed by atoms with Crippen molar-refractivity contribution in [3.63, 3.8) is 0 Å². The van der Waals surface area contributed by atoms with Crippen LogP contribution < -0.4 is 4.80 Å². The van der Waals surface area contributed by atoms with Gasteiger partial charge in [0.25, 0.3) is 5.91 Å². The maximum absolute atomic E-state index is 12.8. The van der Waals surface area contributed by atoms with Crippen molar-refractivity contribution < 1.29 is 4.79 Å². The summed E-state index contributed by atoms with van der Waals surface area (Å²) in [6.07, 6.45) is 0. The Morgan fingerprint density at radius 3 is 2.52 bits per heavy atom. The Kier molecular flexibility index (Phi) is 5.01. The molecule has 0 aliphatic heterocycles. The minimum absolute atomic E-state index is 0.113. The van der Waals surface area contributed by atoms with Crippen molar-refractivity contribution >= 4 is 34.8 Å². The maximum atomic E-state index is 12.8. The molecule has 1 aromatic carbocycles. The number of benzene rings is 1. The molecule has 0 saturated heterocycles. The Morgan fingerprint density at radius 2 is 1.88 bits per heavy atom. The number of fused-ring (bicyclic) bond motifs is 1. The molecule has 0 N–H and O–H groups in total. The first-order chi connectivity index (χ1) is 11.8. The molecule has 2 heterocycles. The van der Waals surface area contributed by atoms with Crippen LogP contribution in [0.1, 0.15) is 36.7 Å². The van der Waals surface area contributed by atoms with Crippen molar-refractivity contribution in [2.24, 2.45) is 10.9 Å². The summed E-state index contributed by atoms with van der Waals surface area (Å²) >= 11 is 7.27. The van der Waals surface area contributed by atoms with Crippen molar-refractivity contribution in [3.05, 3.63) is 57.1 Å². The molecule has 7 heteroatoms. The standard InChI is InChI=1S/C18H19ClN4OS/c1-10(2)15(13-5-7-14(19)8-6-13)16(24)21-18-22-17-20-11(3)9-12(4)23(17)25-18/h5-10,15H,1-4H3/t15-/m0/s1. The number of amides is 1. The van der Waals surface area contributed by atoms with Gasteiger partial charge in [-0.1, -0.05) is 37.6 Å². The van der Waals surface area contributed by atoms with Crippen LogP contribution in [-0.4, -0.2) is 19.7 Å². The average Bonchev–Trinajstić information content (AvgIpc) is 2.91. The van der Waals surface area contributed by atoms with Gasteiger partial charge in [0.05, 0.1) is 5.92 Å². The second kappa shape index (κ2) is 7.06. The van der Waals surface area contributed by atoms with Crippen LogP contribution in [0.15, 0.2) is 35.3 Å². The third kappa shape index (κ3) is 3.80. The van der Waals surface area contributed by atoms with E-state index in [0.717, 1.165) is 17.0 Å². The molecule has 0 unspecified atom stereocenters. The summed E-state index contributed by atoms with van der Waals surface area (Å²) in [7, 11) is 0. The summed E-state index contributed by atoms with van der Waals surface area (Å²) in [5, 5.41) is 0.648. The molecule has 0 saturated carbocycles. The van der Waals surface area contributed by atoms with Gasteiger partial charge < -0.3 is 0 Å². The molecule has 3 rings (SSSR count). The highest BCUT2D eigenvalue weighted by molar-refractivity contribution is 7.03. The predicted molar refractivity (Wildman–Crippen MR) is 99.9 cm³/mol. The van der Waals surface area contributed by atoms with E-state index in [9.17, 15) is 4.79 Å². The van der Waals surface area contributed by atoms with E-state index in [2.05, 4.69) is 15.0 Å². The van der Waals surface area contributed by atoms with Gasteiger partial charge in [0.2, 0.25) is 10.6 Å². The topological polar surface area (TPSA) is 59.6 Å². The first kappa shape index (κ1) is 17.8. The van der Waals surface area contributed by atoms with Gasteiger partial charge >= 0.3 is 0 Å². The van der Waals surface area contributed by atoms with Gasteiger partial charge in [-0.3, -0.25) is 4.79 Å². The summed E-state index contributed by atoms with van der Waals surface area (Å²) in [5.74, 6) is 0.152. The number of rotatable bonds is 3. The molecule has 25 heavy (non-hydrogen) atoms. The van der Waals surface area contributed by atoms with Gasteiger partial charge in [-0.05, 0) is 55.1 Å². The highest BCUT2D eigenvalue weighted by Crippen LogP contribution is 2.27. The predicted octanol–water partition coefficient (Wildman–Crippen LogP) is 3.93. The quantitative estimate of drug-likeness (QED) is 0.697. The van der Waals surface area contributed by atoms with Crippen molar-refractivity contribution in [2.45, 2.75) is 33.6 Å². The molecular weight excluding hydrogens is 356 g/mol. The fraction of sp³-hybridized carbons (Fsp3) is 0.333. The number of hydrogen-bond donors (Lipinski definition) is 0. The second-order valence-corrected chi connectivity index (χ2v) is 7.69. The normalized spacial score (nSPS) is 13.6. The molecule has 1 amide bonds. The van der Waals surface area contributed by atoms with Crippen LogP contribution in [0.2, 0.25) is 5.02 Å². The van der Waals surface area contributed by atoms with E-state index < -0.39 is 0 Å². The molecule has 2 aromatic heterocycles. The lowest BCUT2D eigenvalue weighted by molar-refractivity contribution is -0.120. The number of aromatic nitrogens is 3. The zero-order valence-corrected chi connectivity index (χ0v) is 16.1. The summed E-state index contributed by atoms with van der Waals surface area (Å²) in [4.78, 5) is 26.3.